The number of pyridine rings is 1. The van der Waals surface area contributed by atoms with Crippen LogP contribution in [0.25, 0.3) is 0 Å². The van der Waals surface area contributed by atoms with E-state index < -0.39 is 15.8 Å². The molecule has 2 rings (SSSR count). The second-order valence-electron chi connectivity index (χ2n) is 3.53. The minimum atomic E-state index is -3.86. The fourth-order valence-corrected chi connectivity index (χ4v) is 2.35. The lowest BCUT2D eigenvalue weighted by Crippen LogP contribution is -2.14. The predicted molar refractivity (Wildman–Crippen MR) is 65.9 cm³/mol. The van der Waals surface area contributed by atoms with Crippen LogP contribution in [0, 0.1) is 5.82 Å². The Morgan fingerprint density at radius 1 is 1.28 bits per heavy atom. The van der Waals surface area contributed by atoms with E-state index in [2.05, 4.69) is 9.71 Å². The lowest BCUT2D eigenvalue weighted by Gasteiger charge is -2.09. The number of hydrogen-bond donors (Lipinski definition) is 2. The van der Waals surface area contributed by atoms with Gasteiger partial charge in [-0.15, -0.1) is 0 Å². The number of nitrogens with two attached hydrogens (primary N) is 1. The highest BCUT2D eigenvalue weighted by Gasteiger charge is 2.16. The van der Waals surface area contributed by atoms with Gasteiger partial charge in [0.1, 0.15) is 10.7 Å². The number of nitrogens with one attached hydrogen (secondary N) is 1. The molecule has 0 spiro atoms. The quantitative estimate of drug-likeness (QED) is 0.827. The second-order valence-corrected chi connectivity index (χ2v) is 5.22. The van der Waals surface area contributed by atoms with Crippen molar-refractivity contribution in [3.63, 3.8) is 0 Å². The van der Waals surface area contributed by atoms with Crippen molar-refractivity contribution in [1.29, 1.82) is 0 Å². The van der Waals surface area contributed by atoms with Crippen molar-refractivity contribution in [2.75, 3.05) is 10.5 Å². The van der Waals surface area contributed by atoms with E-state index in [-0.39, 0.29) is 16.3 Å². The number of nitrogens with zero attached hydrogens (tertiary/aromatic N) is 1. The van der Waals surface area contributed by atoms with Gasteiger partial charge in [-0.05, 0) is 30.3 Å². The van der Waals surface area contributed by atoms with E-state index in [4.69, 9.17) is 5.73 Å². The molecule has 2 aromatic rings. The summed E-state index contributed by atoms with van der Waals surface area (Å²) in [5.74, 6) is -0.698. The molecule has 0 unspecified atom stereocenters. The van der Waals surface area contributed by atoms with Crippen LogP contribution in [0.1, 0.15) is 0 Å². The van der Waals surface area contributed by atoms with Crippen LogP contribution < -0.4 is 10.5 Å². The fourth-order valence-electron chi connectivity index (χ4n) is 1.33. The Bertz CT molecular complexity index is 659. The number of sulfonamides is 1. The van der Waals surface area contributed by atoms with Crippen molar-refractivity contribution in [3.05, 3.63) is 48.5 Å². The molecule has 5 nitrogen and oxygen atoms in total. The second kappa shape index (κ2) is 4.61. The van der Waals surface area contributed by atoms with E-state index in [9.17, 15) is 12.8 Å². The molecule has 0 fully saturated rings. The zero-order valence-corrected chi connectivity index (χ0v) is 9.99. The van der Waals surface area contributed by atoms with Crippen LogP contribution in [0.2, 0.25) is 0 Å². The number of nitrogen functional groups attached to an aromatic ring is 1. The molecule has 0 aliphatic heterocycles. The van der Waals surface area contributed by atoms with Gasteiger partial charge in [0.25, 0.3) is 10.0 Å². The molecule has 7 heteroatoms. The number of aromatic nitrogens is 1. The van der Waals surface area contributed by atoms with Gasteiger partial charge in [-0.3, -0.25) is 9.71 Å². The number of anilines is 2. The molecule has 0 amide bonds. The summed E-state index contributed by atoms with van der Waals surface area (Å²) in [6.07, 6.45) is 2.62. The number of halogens is 1. The van der Waals surface area contributed by atoms with Gasteiger partial charge in [0.2, 0.25) is 0 Å². The monoisotopic (exact) mass is 267 g/mol. The van der Waals surface area contributed by atoms with Gasteiger partial charge in [-0.25, -0.2) is 12.8 Å². The van der Waals surface area contributed by atoms with Gasteiger partial charge in [-0.2, -0.15) is 0 Å². The van der Waals surface area contributed by atoms with Crippen LogP contribution in [0.3, 0.4) is 0 Å². The molecule has 0 radical (unpaired) electrons. The molecule has 0 saturated heterocycles. The molecule has 0 atom stereocenters. The average Bonchev–Trinajstić information content (AvgIpc) is 2.35. The Hall–Kier alpha value is -2.15. The van der Waals surface area contributed by atoms with Crippen molar-refractivity contribution >= 4 is 21.4 Å². The van der Waals surface area contributed by atoms with Crippen molar-refractivity contribution < 1.29 is 12.8 Å². The van der Waals surface area contributed by atoms with E-state index in [0.717, 1.165) is 6.07 Å². The van der Waals surface area contributed by atoms with E-state index in [0.29, 0.717) is 0 Å². The van der Waals surface area contributed by atoms with Crippen molar-refractivity contribution in [3.8, 4) is 0 Å². The molecule has 94 valence electrons. The molecule has 1 aromatic carbocycles. The first-order valence-corrected chi connectivity index (χ1v) is 6.45. The topological polar surface area (TPSA) is 85.1 Å². The highest BCUT2D eigenvalue weighted by Crippen LogP contribution is 2.21. The molecular weight excluding hydrogens is 257 g/mol. The first-order chi connectivity index (χ1) is 8.49. The third-order valence-corrected chi connectivity index (χ3v) is 3.53. The Balaban J connectivity index is 2.37. The number of rotatable bonds is 3. The maximum Gasteiger partial charge on any atom is 0.263 e. The van der Waals surface area contributed by atoms with Gasteiger partial charge in [-0.1, -0.05) is 0 Å². The maximum atomic E-state index is 13.4. The fraction of sp³-hybridized carbons (Fsp3) is 0. The van der Waals surface area contributed by atoms with Crippen molar-refractivity contribution in [2.24, 2.45) is 0 Å². The molecule has 1 aromatic heterocycles. The molecular formula is C11H10FN3O2S. The van der Waals surface area contributed by atoms with Crippen molar-refractivity contribution in [1.82, 2.24) is 4.98 Å². The van der Waals surface area contributed by atoms with E-state index in [1.54, 1.807) is 0 Å². The third-order valence-electron chi connectivity index (χ3n) is 2.18. The van der Waals surface area contributed by atoms with Crippen LogP contribution in [-0.2, 0) is 10.0 Å². The van der Waals surface area contributed by atoms with Gasteiger partial charge in [0, 0.05) is 18.1 Å². The molecule has 0 aliphatic rings. The summed E-state index contributed by atoms with van der Waals surface area (Å²) in [4.78, 5) is 3.65. The first-order valence-electron chi connectivity index (χ1n) is 4.97. The Morgan fingerprint density at radius 3 is 2.72 bits per heavy atom. The largest absolute Gasteiger partial charge is 0.399 e. The van der Waals surface area contributed by atoms with Crippen LogP contribution in [0.5, 0.6) is 0 Å². The molecule has 1 heterocycles. The van der Waals surface area contributed by atoms with Crippen LogP contribution in [-0.4, -0.2) is 13.4 Å². The zero-order valence-electron chi connectivity index (χ0n) is 9.17. The predicted octanol–water partition coefficient (Wildman–Crippen LogP) is 1.60. The summed E-state index contributed by atoms with van der Waals surface area (Å²) in [5, 5.41) is 0. The Kier molecular flexibility index (Phi) is 3.15. The first kappa shape index (κ1) is 12.3. The highest BCUT2D eigenvalue weighted by atomic mass is 32.2. The SMILES string of the molecule is Nc1ccc(F)c(NS(=O)(=O)c2cccnc2)c1. The zero-order chi connectivity index (χ0) is 13.2. The summed E-state index contributed by atoms with van der Waals surface area (Å²) in [6, 6.07) is 6.49. The molecule has 3 N–H and O–H groups in total. The Labute approximate surface area is 104 Å². The normalized spacial score (nSPS) is 11.2. The van der Waals surface area contributed by atoms with E-state index in [1.807, 2.05) is 0 Å². The summed E-state index contributed by atoms with van der Waals surface area (Å²) >= 11 is 0. The summed E-state index contributed by atoms with van der Waals surface area (Å²) in [5.41, 5.74) is 5.54. The minimum Gasteiger partial charge on any atom is -0.399 e. The number of benzene rings is 1. The average molecular weight is 267 g/mol. The van der Waals surface area contributed by atoms with Gasteiger partial charge >= 0.3 is 0 Å². The maximum absolute atomic E-state index is 13.4. The lowest BCUT2D eigenvalue weighted by atomic mass is 10.3. The molecule has 0 saturated carbocycles. The third kappa shape index (κ3) is 2.57. The van der Waals surface area contributed by atoms with Crippen LogP contribution >= 0.6 is 0 Å². The molecule has 18 heavy (non-hydrogen) atoms. The smallest absolute Gasteiger partial charge is 0.263 e. The highest BCUT2D eigenvalue weighted by molar-refractivity contribution is 7.92. The minimum absolute atomic E-state index is 0.0492. The summed E-state index contributed by atoms with van der Waals surface area (Å²) in [7, 11) is -3.86. The van der Waals surface area contributed by atoms with Gasteiger partial charge in [0.05, 0.1) is 5.69 Å². The molecule has 0 aliphatic carbocycles. The van der Waals surface area contributed by atoms with Gasteiger partial charge in [0.15, 0.2) is 0 Å². The summed E-state index contributed by atoms with van der Waals surface area (Å²) in [6.45, 7) is 0. The van der Waals surface area contributed by atoms with Crippen LogP contribution in [0.15, 0.2) is 47.6 Å². The van der Waals surface area contributed by atoms with E-state index in [1.165, 1.54) is 36.7 Å². The molecule has 0 bridgehead atoms. The summed E-state index contributed by atoms with van der Waals surface area (Å²) < 4.78 is 39.4. The van der Waals surface area contributed by atoms with Crippen molar-refractivity contribution in [2.45, 2.75) is 4.90 Å². The lowest BCUT2D eigenvalue weighted by molar-refractivity contribution is 0.598. The van der Waals surface area contributed by atoms with Crippen LogP contribution in [0.4, 0.5) is 15.8 Å². The van der Waals surface area contributed by atoms with E-state index >= 15 is 0 Å². The Morgan fingerprint density at radius 2 is 2.06 bits per heavy atom. The van der Waals surface area contributed by atoms with Gasteiger partial charge < -0.3 is 5.73 Å². The number of hydrogen-bond acceptors (Lipinski definition) is 4. The standard InChI is InChI=1S/C11H10FN3O2S/c12-10-4-3-8(13)6-11(10)15-18(16,17)9-2-1-5-14-7-9/h1-7,15H,13H2.